The molecular formula is C29H56O4. The van der Waals surface area contributed by atoms with E-state index in [0.717, 1.165) is 32.1 Å². The molecule has 4 heteroatoms. The number of rotatable bonds is 26. The summed E-state index contributed by atoms with van der Waals surface area (Å²) in [6.45, 7) is 4.85. The fourth-order valence-corrected chi connectivity index (χ4v) is 4.39. The summed E-state index contributed by atoms with van der Waals surface area (Å²) in [5, 5.41) is 9.40. The minimum Gasteiger partial charge on any atom is -0.481 e. The van der Waals surface area contributed by atoms with Crippen LogP contribution in [-0.2, 0) is 14.3 Å². The van der Waals surface area contributed by atoms with Crippen molar-refractivity contribution in [3.05, 3.63) is 0 Å². The minimum absolute atomic E-state index is 0.359. The predicted octanol–water partition coefficient (Wildman–Crippen LogP) is 9.24. The van der Waals surface area contributed by atoms with Crippen molar-refractivity contribution in [1.29, 1.82) is 0 Å². The Bertz CT molecular complexity index is 435. The minimum atomic E-state index is -1.04. The summed E-state index contributed by atoms with van der Waals surface area (Å²) < 4.78 is 5.28. The number of carbonyl (C=O) groups is 2. The van der Waals surface area contributed by atoms with Crippen LogP contribution in [0.2, 0.25) is 0 Å². The Morgan fingerprint density at radius 1 is 0.545 bits per heavy atom. The van der Waals surface area contributed by atoms with Crippen LogP contribution < -0.4 is 0 Å². The number of ether oxygens (including phenoxy) is 1. The van der Waals surface area contributed by atoms with Gasteiger partial charge in [-0.2, -0.15) is 0 Å². The molecule has 0 saturated carbocycles. The summed E-state index contributed by atoms with van der Waals surface area (Å²) in [5.41, 5.74) is 0. The van der Waals surface area contributed by atoms with E-state index in [1.807, 2.05) is 0 Å². The van der Waals surface area contributed by atoms with E-state index in [-0.39, 0.29) is 0 Å². The number of esters is 1. The van der Waals surface area contributed by atoms with Crippen molar-refractivity contribution in [2.75, 3.05) is 6.61 Å². The van der Waals surface area contributed by atoms with Crippen LogP contribution in [0, 0.1) is 5.92 Å². The molecule has 0 heterocycles. The van der Waals surface area contributed by atoms with Crippen molar-refractivity contribution in [3.8, 4) is 0 Å². The van der Waals surface area contributed by atoms with Gasteiger partial charge in [-0.05, 0) is 12.8 Å². The molecule has 0 aromatic rings. The highest BCUT2D eigenvalue weighted by Crippen LogP contribution is 2.16. The van der Waals surface area contributed by atoms with Crippen LogP contribution >= 0.6 is 0 Å². The molecule has 0 saturated heterocycles. The van der Waals surface area contributed by atoms with Gasteiger partial charge in [0.2, 0.25) is 0 Å². The van der Waals surface area contributed by atoms with Crippen LogP contribution in [0.1, 0.15) is 162 Å². The summed E-state index contributed by atoms with van der Waals surface area (Å²) >= 11 is 0. The lowest BCUT2D eigenvalue weighted by Gasteiger charge is -2.12. The molecule has 0 amide bonds. The van der Waals surface area contributed by atoms with Gasteiger partial charge in [-0.15, -0.1) is 0 Å². The molecular weight excluding hydrogens is 412 g/mol. The van der Waals surface area contributed by atoms with Crippen LogP contribution in [0.5, 0.6) is 0 Å². The zero-order valence-corrected chi connectivity index (χ0v) is 22.2. The van der Waals surface area contributed by atoms with Crippen molar-refractivity contribution in [2.24, 2.45) is 5.92 Å². The van der Waals surface area contributed by atoms with Gasteiger partial charge in [-0.25, -0.2) is 0 Å². The van der Waals surface area contributed by atoms with Gasteiger partial charge in [0, 0.05) is 0 Å². The first-order chi connectivity index (χ1) is 16.1. The van der Waals surface area contributed by atoms with Gasteiger partial charge in [0.15, 0.2) is 5.92 Å². The Labute approximate surface area is 205 Å². The van der Waals surface area contributed by atoms with Crippen LogP contribution in [0.25, 0.3) is 0 Å². The van der Waals surface area contributed by atoms with E-state index < -0.39 is 17.9 Å². The molecule has 1 atom stereocenters. The summed E-state index contributed by atoms with van der Waals surface area (Å²) in [6.07, 6.45) is 27.6. The molecule has 0 radical (unpaired) electrons. The largest absolute Gasteiger partial charge is 0.481 e. The average molecular weight is 469 g/mol. The maximum atomic E-state index is 12.2. The third kappa shape index (κ3) is 22.5. The molecule has 1 N–H and O–H groups in total. The van der Waals surface area contributed by atoms with Gasteiger partial charge in [-0.3, -0.25) is 9.59 Å². The third-order valence-electron chi connectivity index (χ3n) is 6.67. The van der Waals surface area contributed by atoms with Crippen LogP contribution in [-0.4, -0.2) is 23.7 Å². The Balaban J connectivity index is 3.60. The summed E-state index contributed by atoms with van der Waals surface area (Å²) in [6, 6.07) is 0. The van der Waals surface area contributed by atoms with Crippen LogP contribution in [0.4, 0.5) is 0 Å². The summed E-state index contributed by atoms with van der Waals surface area (Å²) in [5.74, 6) is -2.57. The lowest BCUT2D eigenvalue weighted by molar-refractivity contribution is -0.159. The van der Waals surface area contributed by atoms with Gasteiger partial charge in [0.1, 0.15) is 0 Å². The number of carboxylic acid groups (broad SMARTS) is 1. The summed E-state index contributed by atoms with van der Waals surface area (Å²) in [4.78, 5) is 23.6. The topological polar surface area (TPSA) is 63.6 Å². The maximum absolute atomic E-state index is 12.2. The Kier molecular flexibility index (Phi) is 24.7. The predicted molar refractivity (Wildman–Crippen MR) is 140 cm³/mol. The maximum Gasteiger partial charge on any atom is 0.320 e. The molecule has 196 valence electrons. The first-order valence-electron chi connectivity index (χ1n) is 14.5. The highest BCUT2D eigenvalue weighted by atomic mass is 16.5. The lowest BCUT2D eigenvalue weighted by atomic mass is 10.00. The Morgan fingerprint density at radius 2 is 0.879 bits per heavy atom. The van der Waals surface area contributed by atoms with E-state index in [1.54, 1.807) is 0 Å². The number of unbranched alkanes of at least 4 members (excludes halogenated alkanes) is 20. The van der Waals surface area contributed by atoms with E-state index >= 15 is 0 Å². The first kappa shape index (κ1) is 31.9. The molecule has 0 rings (SSSR count). The van der Waals surface area contributed by atoms with Crippen LogP contribution in [0.3, 0.4) is 0 Å². The van der Waals surface area contributed by atoms with E-state index in [4.69, 9.17) is 4.74 Å². The van der Waals surface area contributed by atoms with Gasteiger partial charge in [-0.1, -0.05) is 149 Å². The Morgan fingerprint density at radius 3 is 1.24 bits per heavy atom. The van der Waals surface area contributed by atoms with Crippen molar-refractivity contribution < 1.29 is 19.4 Å². The number of carboxylic acids is 1. The number of carbonyl (C=O) groups excluding carboxylic acids is 1. The number of hydrogen-bond acceptors (Lipinski definition) is 3. The smallest absolute Gasteiger partial charge is 0.320 e. The Hall–Kier alpha value is -1.06. The molecule has 0 aliphatic rings. The van der Waals surface area contributed by atoms with Gasteiger partial charge < -0.3 is 9.84 Å². The van der Waals surface area contributed by atoms with Gasteiger partial charge in [0.05, 0.1) is 6.61 Å². The zero-order chi connectivity index (χ0) is 24.4. The normalized spacial score (nSPS) is 12.1. The highest BCUT2D eigenvalue weighted by molar-refractivity contribution is 5.93. The average Bonchev–Trinajstić information content (AvgIpc) is 2.80. The monoisotopic (exact) mass is 468 g/mol. The molecule has 33 heavy (non-hydrogen) atoms. The SMILES string of the molecule is CCCCCCCCCCCCCCC(C(=O)O)C(=O)OCCCCCCCCCCCC. The van der Waals surface area contributed by atoms with Crippen LogP contribution in [0.15, 0.2) is 0 Å². The van der Waals surface area contributed by atoms with E-state index in [1.165, 1.54) is 109 Å². The van der Waals surface area contributed by atoms with Gasteiger partial charge in [0.25, 0.3) is 0 Å². The molecule has 0 aliphatic carbocycles. The van der Waals surface area contributed by atoms with Crippen molar-refractivity contribution >= 4 is 11.9 Å². The molecule has 0 fully saturated rings. The van der Waals surface area contributed by atoms with E-state index in [2.05, 4.69) is 13.8 Å². The van der Waals surface area contributed by atoms with Gasteiger partial charge >= 0.3 is 11.9 Å². The second kappa shape index (κ2) is 25.6. The number of aliphatic carboxylic acids is 1. The lowest BCUT2D eigenvalue weighted by Crippen LogP contribution is -2.26. The molecule has 0 aliphatic heterocycles. The fraction of sp³-hybridized carbons (Fsp3) is 0.931. The highest BCUT2D eigenvalue weighted by Gasteiger charge is 2.27. The van der Waals surface area contributed by atoms with E-state index in [0.29, 0.717) is 13.0 Å². The molecule has 1 unspecified atom stereocenters. The molecule has 0 aromatic carbocycles. The van der Waals surface area contributed by atoms with Crippen molar-refractivity contribution in [2.45, 2.75) is 162 Å². The van der Waals surface area contributed by atoms with Crippen molar-refractivity contribution in [1.82, 2.24) is 0 Å². The molecule has 0 bridgehead atoms. The zero-order valence-electron chi connectivity index (χ0n) is 22.2. The first-order valence-corrected chi connectivity index (χ1v) is 14.5. The second-order valence-corrected chi connectivity index (χ2v) is 9.92. The number of hydrogen-bond donors (Lipinski definition) is 1. The molecule has 0 spiro atoms. The van der Waals surface area contributed by atoms with E-state index in [9.17, 15) is 14.7 Å². The molecule has 0 aromatic heterocycles. The third-order valence-corrected chi connectivity index (χ3v) is 6.67. The standard InChI is InChI=1S/C29H56O4/c1-3-5-7-9-11-13-15-16-17-19-21-23-25-27(28(30)31)29(32)33-26-24-22-20-18-14-12-10-8-6-4-2/h27H,3-26H2,1-2H3,(H,30,31). The second-order valence-electron chi connectivity index (χ2n) is 9.92. The van der Waals surface area contributed by atoms with Crippen molar-refractivity contribution in [3.63, 3.8) is 0 Å². The summed E-state index contributed by atoms with van der Waals surface area (Å²) in [7, 11) is 0. The molecule has 4 nitrogen and oxygen atoms in total. The fourth-order valence-electron chi connectivity index (χ4n) is 4.39. The quantitative estimate of drug-likeness (QED) is 0.0780.